The molecule has 98 valence electrons. The summed E-state index contributed by atoms with van der Waals surface area (Å²) in [4.78, 5) is 10.4. The monoisotopic (exact) mass is 333 g/mol. The molecule has 18 heavy (non-hydrogen) atoms. The first kappa shape index (κ1) is 13.5. The van der Waals surface area contributed by atoms with Gasteiger partial charge in [-0.3, -0.25) is 10.1 Å². The molecular weight excluding hydrogens is 322 g/mol. The van der Waals surface area contributed by atoms with Crippen LogP contribution in [0.1, 0.15) is 25.8 Å². The summed E-state index contributed by atoms with van der Waals surface area (Å²) in [6, 6.07) is 2.72. The van der Waals surface area contributed by atoms with Crippen molar-refractivity contribution in [2.75, 3.05) is 5.75 Å². The molecule has 0 unspecified atom stereocenters. The fraction of sp³-hybridized carbons (Fsp3) is 0.455. The third-order valence-corrected chi connectivity index (χ3v) is 5.69. The predicted octanol–water partition coefficient (Wildman–Crippen LogP) is 2.81. The summed E-state index contributed by atoms with van der Waals surface area (Å²) in [5.74, 6) is 0.0335. The van der Waals surface area contributed by atoms with Crippen molar-refractivity contribution in [1.82, 2.24) is 0 Å². The van der Waals surface area contributed by atoms with E-state index in [2.05, 4.69) is 15.9 Å². The van der Waals surface area contributed by atoms with Gasteiger partial charge in [0.05, 0.1) is 20.0 Å². The summed E-state index contributed by atoms with van der Waals surface area (Å²) in [6.45, 7) is 3.89. The van der Waals surface area contributed by atoms with Crippen LogP contribution in [0.15, 0.2) is 21.5 Å². The van der Waals surface area contributed by atoms with Crippen LogP contribution >= 0.6 is 15.9 Å². The lowest BCUT2D eigenvalue weighted by atomic mass is 9.82. The number of nitrogens with zero attached hydrogens (tertiary/aromatic N) is 1. The smallest absolute Gasteiger partial charge is 0.258 e. The minimum atomic E-state index is -3.41. The van der Waals surface area contributed by atoms with Crippen molar-refractivity contribution in [2.24, 2.45) is 0 Å². The molecule has 0 fully saturated rings. The minimum absolute atomic E-state index is 0.0335. The van der Waals surface area contributed by atoms with Gasteiger partial charge in [-0.15, -0.1) is 0 Å². The highest BCUT2D eigenvalue weighted by Gasteiger charge is 2.37. The summed E-state index contributed by atoms with van der Waals surface area (Å²) in [6.07, 6.45) is 0.520. The third-order valence-electron chi connectivity index (χ3n) is 3.31. The Bertz CT molecular complexity index is 637. The molecule has 0 spiro atoms. The number of hydrogen-bond acceptors (Lipinski definition) is 4. The topological polar surface area (TPSA) is 77.3 Å². The van der Waals surface area contributed by atoms with E-state index >= 15 is 0 Å². The van der Waals surface area contributed by atoms with Crippen LogP contribution in [0, 0.1) is 10.1 Å². The van der Waals surface area contributed by atoms with Crippen LogP contribution in [0.2, 0.25) is 0 Å². The Balaban J connectivity index is 2.81. The number of fused-ring (bicyclic) bond motifs is 1. The van der Waals surface area contributed by atoms with Crippen molar-refractivity contribution < 1.29 is 13.3 Å². The van der Waals surface area contributed by atoms with Gasteiger partial charge in [-0.25, -0.2) is 8.42 Å². The van der Waals surface area contributed by atoms with Crippen LogP contribution in [0.5, 0.6) is 0 Å². The Morgan fingerprint density at radius 3 is 2.56 bits per heavy atom. The van der Waals surface area contributed by atoms with Crippen molar-refractivity contribution in [3.05, 3.63) is 32.3 Å². The molecule has 7 heteroatoms. The van der Waals surface area contributed by atoms with Gasteiger partial charge in [0.2, 0.25) is 0 Å². The van der Waals surface area contributed by atoms with E-state index in [0.29, 0.717) is 16.5 Å². The Morgan fingerprint density at radius 1 is 1.39 bits per heavy atom. The zero-order chi connectivity index (χ0) is 13.7. The maximum Gasteiger partial charge on any atom is 0.284 e. The average molecular weight is 334 g/mol. The fourth-order valence-corrected chi connectivity index (χ4v) is 4.55. The number of rotatable bonds is 1. The lowest BCUT2D eigenvalue weighted by molar-refractivity contribution is -0.385. The first-order valence-electron chi connectivity index (χ1n) is 5.36. The zero-order valence-corrected chi connectivity index (χ0v) is 12.3. The Morgan fingerprint density at radius 2 is 2.00 bits per heavy atom. The van der Waals surface area contributed by atoms with E-state index in [1.807, 2.05) is 13.8 Å². The Kier molecular flexibility index (Phi) is 3.02. The second-order valence-electron chi connectivity index (χ2n) is 5.01. The molecule has 5 nitrogen and oxygen atoms in total. The van der Waals surface area contributed by atoms with Gasteiger partial charge in [0.1, 0.15) is 0 Å². The summed E-state index contributed by atoms with van der Waals surface area (Å²) in [5, 5.41) is 10.9. The highest BCUT2D eigenvalue weighted by Crippen LogP contribution is 2.42. The van der Waals surface area contributed by atoms with E-state index in [9.17, 15) is 18.5 Å². The van der Waals surface area contributed by atoms with E-state index in [1.165, 1.54) is 0 Å². The molecule has 2 rings (SSSR count). The second kappa shape index (κ2) is 4.03. The standard InChI is InChI=1S/C11H12BrNO4S/c1-11(2)3-4-18(16,17)10-6-9(13(14)15)8(12)5-7(10)11/h5-6H,3-4H2,1-2H3. The Labute approximate surface area is 113 Å². The fourth-order valence-electron chi connectivity index (χ4n) is 2.10. The predicted molar refractivity (Wildman–Crippen MR) is 70.5 cm³/mol. The molecule has 0 saturated heterocycles. The van der Waals surface area contributed by atoms with Gasteiger partial charge in [0, 0.05) is 6.07 Å². The van der Waals surface area contributed by atoms with E-state index in [1.54, 1.807) is 6.07 Å². The average Bonchev–Trinajstić information content (AvgIpc) is 2.24. The van der Waals surface area contributed by atoms with Gasteiger partial charge < -0.3 is 0 Å². The molecule has 1 aliphatic heterocycles. The summed E-state index contributed by atoms with van der Waals surface area (Å²) < 4.78 is 24.3. The Hall–Kier alpha value is -0.950. The molecule has 0 radical (unpaired) electrons. The quantitative estimate of drug-likeness (QED) is 0.584. The molecule has 1 heterocycles. The molecular formula is C11H12BrNO4S. The molecule has 1 aromatic rings. The number of nitro benzene ring substituents is 1. The van der Waals surface area contributed by atoms with Crippen molar-refractivity contribution in [3.63, 3.8) is 0 Å². The van der Waals surface area contributed by atoms with Crippen LogP contribution in [-0.4, -0.2) is 19.1 Å². The maximum absolute atomic E-state index is 12.0. The van der Waals surface area contributed by atoms with E-state index in [4.69, 9.17) is 0 Å². The largest absolute Gasteiger partial charge is 0.284 e. The maximum atomic E-state index is 12.0. The van der Waals surface area contributed by atoms with Crippen LogP contribution in [-0.2, 0) is 15.3 Å². The van der Waals surface area contributed by atoms with Gasteiger partial charge in [0.25, 0.3) is 5.69 Å². The van der Waals surface area contributed by atoms with E-state index in [0.717, 1.165) is 6.07 Å². The molecule has 0 atom stereocenters. The number of nitro groups is 1. The van der Waals surface area contributed by atoms with E-state index in [-0.39, 0.29) is 21.8 Å². The van der Waals surface area contributed by atoms with Crippen molar-refractivity contribution in [1.29, 1.82) is 0 Å². The molecule has 0 amide bonds. The number of halogens is 1. The molecule has 0 aromatic heterocycles. The van der Waals surface area contributed by atoms with Gasteiger partial charge in [-0.1, -0.05) is 13.8 Å². The molecule has 1 aromatic carbocycles. The second-order valence-corrected chi connectivity index (χ2v) is 7.94. The van der Waals surface area contributed by atoms with Crippen LogP contribution < -0.4 is 0 Å². The lowest BCUT2D eigenvalue weighted by Crippen LogP contribution is -2.30. The number of benzene rings is 1. The van der Waals surface area contributed by atoms with Crippen molar-refractivity contribution in [3.8, 4) is 0 Å². The minimum Gasteiger partial charge on any atom is -0.258 e. The lowest BCUT2D eigenvalue weighted by Gasteiger charge is -2.32. The van der Waals surface area contributed by atoms with Crippen LogP contribution in [0.3, 0.4) is 0 Å². The molecule has 0 saturated carbocycles. The summed E-state index contributed by atoms with van der Waals surface area (Å²) in [7, 11) is -3.41. The normalized spacial score (nSPS) is 20.2. The number of sulfone groups is 1. The van der Waals surface area contributed by atoms with E-state index < -0.39 is 14.8 Å². The zero-order valence-electron chi connectivity index (χ0n) is 9.94. The van der Waals surface area contributed by atoms with Gasteiger partial charge in [-0.2, -0.15) is 0 Å². The van der Waals surface area contributed by atoms with Crippen LogP contribution in [0.4, 0.5) is 5.69 Å². The van der Waals surface area contributed by atoms with Crippen LogP contribution in [0.25, 0.3) is 0 Å². The SMILES string of the molecule is CC1(C)CCS(=O)(=O)c2cc([N+](=O)[O-])c(Br)cc21. The molecule has 1 aliphatic rings. The third kappa shape index (κ3) is 2.05. The van der Waals surface area contributed by atoms with Crippen molar-refractivity contribution in [2.45, 2.75) is 30.6 Å². The number of hydrogen-bond donors (Lipinski definition) is 0. The summed E-state index contributed by atoms with van der Waals surface area (Å²) in [5.41, 5.74) is 0.138. The molecule has 0 bridgehead atoms. The first-order valence-corrected chi connectivity index (χ1v) is 7.81. The summed E-state index contributed by atoms with van der Waals surface area (Å²) >= 11 is 3.13. The molecule has 0 aliphatic carbocycles. The highest BCUT2D eigenvalue weighted by molar-refractivity contribution is 9.10. The molecule has 0 N–H and O–H groups in total. The van der Waals surface area contributed by atoms with Gasteiger partial charge >= 0.3 is 0 Å². The van der Waals surface area contributed by atoms with Crippen molar-refractivity contribution >= 4 is 31.5 Å². The first-order chi connectivity index (χ1) is 8.15. The highest BCUT2D eigenvalue weighted by atomic mass is 79.9. The van der Waals surface area contributed by atoms with Gasteiger partial charge in [-0.05, 0) is 39.4 Å². The van der Waals surface area contributed by atoms with Gasteiger partial charge in [0.15, 0.2) is 9.84 Å².